The van der Waals surface area contributed by atoms with E-state index in [0.717, 1.165) is 49.1 Å². The minimum Gasteiger partial charge on any atom is -0.507 e. The largest absolute Gasteiger partial charge is 0.507 e. The van der Waals surface area contributed by atoms with Crippen molar-refractivity contribution in [2.24, 2.45) is 5.73 Å². The molecular formula is C30H32N2O3. The average molecular weight is 469 g/mol. The lowest BCUT2D eigenvalue weighted by atomic mass is 9.67. The van der Waals surface area contributed by atoms with Gasteiger partial charge in [0.05, 0.1) is 12.1 Å². The molecular weight excluding hydrogens is 436 g/mol. The van der Waals surface area contributed by atoms with Gasteiger partial charge in [-0.25, -0.2) is 0 Å². The van der Waals surface area contributed by atoms with E-state index >= 15 is 0 Å². The number of nitrogens with zero attached hydrogens (tertiary/aromatic N) is 1. The molecule has 0 amide bonds. The molecule has 180 valence electrons. The van der Waals surface area contributed by atoms with Crippen LogP contribution in [0.1, 0.15) is 47.1 Å². The molecule has 2 aliphatic carbocycles. The molecule has 4 unspecified atom stereocenters. The lowest BCUT2D eigenvalue weighted by Crippen LogP contribution is -2.63. The van der Waals surface area contributed by atoms with E-state index < -0.39 is 0 Å². The number of hydrogen-bond acceptors (Lipinski definition) is 5. The summed E-state index contributed by atoms with van der Waals surface area (Å²) in [5.74, 6) is 1.11. The zero-order valence-electron chi connectivity index (χ0n) is 20.2. The number of aromatic hydroxyl groups is 1. The van der Waals surface area contributed by atoms with Crippen molar-refractivity contribution in [3.8, 4) is 22.6 Å². The first-order chi connectivity index (χ1) is 16.9. The van der Waals surface area contributed by atoms with Gasteiger partial charge in [0.2, 0.25) is 0 Å². The number of aliphatic hydroxyl groups is 1. The van der Waals surface area contributed by atoms with E-state index in [2.05, 4.69) is 54.3 Å². The second-order valence-corrected chi connectivity index (χ2v) is 11.3. The highest BCUT2D eigenvalue weighted by molar-refractivity contribution is 5.68. The summed E-state index contributed by atoms with van der Waals surface area (Å²) in [7, 11) is 0. The Morgan fingerprint density at radius 3 is 2.69 bits per heavy atom. The molecule has 4 atom stereocenters. The zero-order chi connectivity index (χ0) is 24.0. The number of phenols is 1. The van der Waals surface area contributed by atoms with Crippen molar-refractivity contribution in [1.29, 1.82) is 0 Å². The van der Waals surface area contributed by atoms with Crippen molar-refractivity contribution in [2.75, 3.05) is 13.2 Å². The van der Waals surface area contributed by atoms with Crippen molar-refractivity contribution in [1.82, 2.24) is 4.90 Å². The van der Waals surface area contributed by atoms with Crippen molar-refractivity contribution < 1.29 is 14.9 Å². The van der Waals surface area contributed by atoms with Crippen molar-refractivity contribution in [3.63, 3.8) is 0 Å². The number of ether oxygens (including phenoxy) is 1. The highest BCUT2D eigenvalue weighted by atomic mass is 16.5. The first-order valence-electron chi connectivity index (χ1n) is 12.7. The molecule has 0 radical (unpaired) electrons. The van der Waals surface area contributed by atoms with E-state index in [-0.39, 0.29) is 23.1 Å². The number of phenolic OH excluding ortho intramolecular Hbond substituents is 1. The number of piperidine rings is 1. The summed E-state index contributed by atoms with van der Waals surface area (Å²) in [5, 5.41) is 21.3. The van der Waals surface area contributed by atoms with Crippen molar-refractivity contribution >= 4 is 0 Å². The molecule has 2 heterocycles. The van der Waals surface area contributed by atoms with Crippen LogP contribution in [0.5, 0.6) is 11.5 Å². The minimum atomic E-state index is -0.333. The van der Waals surface area contributed by atoms with Crippen LogP contribution in [0.15, 0.2) is 54.6 Å². The molecule has 0 aromatic heterocycles. The summed E-state index contributed by atoms with van der Waals surface area (Å²) in [6.07, 6.45) is 3.67. The third kappa shape index (κ3) is 2.80. The number of rotatable bonds is 5. The molecule has 7 rings (SSSR count). The number of aliphatic hydroxyl groups excluding tert-OH is 1. The SMILES string of the molecule is Cc1c(COc2cc(O)c3c4c2CCC42CN(C3)C3(CO)CC3(N)C2)cccc1-c1ccccc1. The third-order valence-corrected chi connectivity index (χ3v) is 9.55. The summed E-state index contributed by atoms with van der Waals surface area (Å²) in [5.41, 5.74) is 14.5. The Kier molecular flexibility index (Phi) is 4.34. The van der Waals surface area contributed by atoms with Crippen LogP contribution in [0.3, 0.4) is 0 Å². The van der Waals surface area contributed by atoms with Crippen LogP contribution in [0.4, 0.5) is 0 Å². The summed E-state index contributed by atoms with van der Waals surface area (Å²) in [6.45, 7) is 4.26. The Morgan fingerprint density at radius 2 is 1.89 bits per heavy atom. The Hall–Kier alpha value is -2.86. The van der Waals surface area contributed by atoms with E-state index in [1.807, 2.05) is 12.1 Å². The van der Waals surface area contributed by atoms with Gasteiger partial charge < -0.3 is 20.7 Å². The molecule has 3 aromatic rings. The van der Waals surface area contributed by atoms with Crippen LogP contribution < -0.4 is 10.5 Å². The second kappa shape index (κ2) is 7.10. The smallest absolute Gasteiger partial charge is 0.127 e. The monoisotopic (exact) mass is 468 g/mol. The first-order valence-corrected chi connectivity index (χ1v) is 12.7. The lowest BCUT2D eigenvalue weighted by Gasteiger charge is -2.52. The molecule has 2 fully saturated rings. The molecule has 1 saturated heterocycles. The Labute approximate surface area is 206 Å². The van der Waals surface area contributed by atoms with Gasteiger partial charge in [0.25, 0.3) is 0 Å². The van der Waals surface area contributed by atoms with Gasteiger partial charge in [-0.15, -0.1) is 0 Å². The minimum absolute atomic E-state index is 0.0488. The molecule has 35 heavy (non-hydrogen) atoms. The fourth-order valence-electron chi connectivity index (χ4n) is 7.68. The highest BCUT2D eigenvalue weighted by Crippen LogP contribution is 2.66. The Bertz CT molecular complexity index is 1360. The van der Waals surface area contributed by atoms with Crippen molar-refractivity contribution in [3.05, 3.63) is 82.4 Å². The number of nitrogens with two attached hydrogens (primary N) is 1. The summed E-state index contributed by atoms with van der Waals surface area (Å²) in [4.78, 5) is 2.35. The second-order valence-electron chi connectivity index (χ2n) is 11.3. The number of hydrogen-bond donors (Lipinski definition) is 3. The quantitative estimate of drug-likeness (QED) is 0.524. The summed E-state index contributed by atoms with van der Waals surface area (Å²) in [6, 6.07) is 18.6. The molecule has 2 aliphatic heterocycles. The van der Waals surface area contributed by atoms with Crippen LogP contribution in [0, 0.1) is 6.92 Å². The molecule has 4 N–H and O–H groups in total. The van der Waals surface area contributed by atoms with Crippen LogP contribution >= 0.6 is 0 Å². The average Bonchev–Trinajstić information content (AvgIpc) is 3.32. The van der Waals surface area contributed by atoms with Crippen LogP contribution in [0.25, 0.3) is 11.1 Å². The van der Waals surface area contributed by atoms with Gasteiger partial charge in [-0.2, -0.15) is 0 Å². The molecule has 4 aliphatic rings. The topological polar surface area (TPSA) is 79.0 Å². The number of fused-ring (bicyclic) bond motifs is 3. The molecule has 5 nitrogen and oxygen atoms in total. The molecule has 2 bridgehead atoms. The van der Waals surface area contributed by atoms with Gasteiger partial charge in [-0.3, -0.25) is 4.90 Å². The van der Waals surface area contributed by atoms with E-state index in [1.54, 1.807) is 0 Å². The maximum Gasteiger partial charge on any atom is 0.127 e. The molecule has 5 heteroatoms. The molecule has 1 saturated carbocycles. The van der Waals surface area contributed by atoms with Crippen LogP contribution in [-0.4, -0.2) is 39.3 Å². The molecule has 1 spiro atoms. The summed E-state index contributed by atoms with van der Waals surface area (Å²) >= 11 is 0. The predicted octanol–water partition coefficient (Wildman–Crippen LogP) is 4.18. The fourth-order valence-corrected chi connectivity index (χ4v) is 7.68. The van der Waals surface area contributed by atoms with E-state index in [4.69, 9.17) is 10.5 Å². The Morgan fingerprint density at radius 1 is 1.06 bits per heavy atom. The van der Waals surface area contributed by atoms with Gasteiger partial charge in [0, 0.05) is 35.7 Å². The highest BCUT2D eigenvalue weighted by Gasteiger charge is 2.75. The third-order valence-electron chi connectivity index (χ3n) is 9.55. The van der Waals surface area contributed by atoms with Gasteiger partial charge in [-0.05, 0) is 66.0 Å². The number of benzene rings is 3. The van der Waals surface area contributed by atoms with Gasteiger partial charge in [0.15, 0.2) is 0 Å². The van der Waals surface area contributed by atoms with Gasteiger partial charge in [0.1, 0.15) is 18.1 Å². The fraction of sp³-hybridized carbons (Fsp3) is 0.400. The standard InChI is InChI=1S/C30H32N2O3/c1-19-21(8-5-9-22(19)20-6-3-2-4-7-20)14-35-26-12-25(34)24-13-32-17-28(11-10-23(26)27(24)28)15-29(31)16-30(29,32)18-33/h2-9,12,33-34H,10-11,13-18,31H2,1H3. The van der Waals surface area contributed by atoms with Gasteiger partial charge >= 0.3 is 0 Å². The van der Waals surface area contributed by atoms with Crippen molar-refractivity contribution in [2.45, 2.75) is 62.3 Å². The summed E-state index contributed by atoms with van der Waals surface area (Å²) < 4.78 is 6.45. The van der Waals surface area contributed by atoms with Crippen LogP contribution in [0.2, 0.25) is 0 Å². The maximum absolute atomic E-state index is 11.1. The maximum atomic E-state index is 11.1. The lowest BCUT2D eigenvalue weighted by molar-refractivity contribution is 0.00912. The zero-order valence-corrected chi connectivity index (χ0v) is 20.2. The van der Waals surface area contributed by atoms with E-state index in [1.165, 1.54) is 27.8 Å². The van der Waals surface area contributed by atoms with Gasteiger partial charge in [-0.1, -0.05) is 48.5 Å². The van der Waals surface area contributed by atoms with Crippen LogP contribution in [-0.2, 0) is 25.0 Å². The first kappa shape index (κ1) is 21.4. The normalized spacial score (nSPS) is 31.6. The Balaban J connectivity index is 1.23. The van der Waals surface area contributed by atoms with E-state index in [9.17, 15) is 10.2 Å². The predicted molar refractivity (Wildman–Crippen MR) is 135 cm³/mol. The van der Waals surface area contributed by atoms with E-state index in [0.29, 0.717) is 18.9 Å². The molecule has 3 aromatic carbocycles.